The molecular formula is C11H13FN2O5S. The molecule has 1 fully saturated rings. The SMILES string of the molecule is Cc1cc(F)c([N+](=O)[O-])cc1S(=O)(=O)N1CC[C@@H](O)C1. The number of hydrogen-bond donors (Lipinski definition) is 1. The Bertz CT molecular complexity index is 661. The molecule has 0 aliphatic carbocycles. The molecule has 1 aliphatic heterocycles. The number of nitro groups is 1. The van der Waals surface area contributed by atoms with Crippen LogP contribution in [-0.2, 0) is 10.0 Å². The largest absolute Gasteiger partial charge is 0.392 e. The van der Waals surface area contributed by atoms with Gasteiger partial charge in [-0.2, -0.15) is 8.70 Å². The Balaban J connectivity index is 2.51. The first kappa shape index (κ1) is 14.8. The van der Waals surface area contributed by atoms with Gasteiger partial charge in [0.05, 0.1) is 15.9 Å². The fraction of sp³-hybridized carbons (Fsp3) is 0.455. The first-order valence-corrected chi connectivity index (χ1v) is 7.30. The summed E-state index contributed by atoms with van der Waals surface area (Å²) < 4.78 is 39.2. The number of hydrogen-bond acceptors (Lipinski definition) is 5. The second-order valence-corrected chi connectivity index (χ2v) is 6.54. The summed E-state index contributed by atoms with van der Waals surface area (Å²) >= 11 is 0. The maximum atomic E-state index is 13.4. The Morgan fingerprint density at radius 3 is 2.65 bits per heavy atom. The van der Waals surface area contributed by atoms with Crippen molar-refractivity contribution < 1.29 is 22.8 Å². The van der Waals surface area contributed by atoms with Gasteiger partial charge in [0.15, 0.2) is 0 Å². The maximum Gasteiger partial charge on any atom is 0.306 e. The smallest absolute Gasteiger partial charge is 0.306 e. The van der Waals surface area contributed by atoms with E-state index in [0.29, 0.717) is 6.42 Å². The van der Waals surface area contributed by atoms with Crippen LogP contribution >= 0.6 is 0 Å². The van der Waals surface area contributed by atoms with E-state index in [0.717, 1.165) is 16.4 Å². The third kappa shape index (κ3) is 2.51. The van der Waals surface area contributed by atoms with Crippen LogP contribution in [0.2, 0.25) is 0 Å². The first-order valence-electron chi connectivity index (χ1n) is 5.86. The lowest BCUT2D eigenvalue weighted by Crippen LogP contribution is -2.30. The van der Waals surface area contributed by atoms with E-state index < -0.39 is 32.6 Å². The molecule has 1 atom stereocenters. The second-order valence-electron chi connectivity index (χ2n) is 4.63. The highest BCUT2D eigenvalue weighted by molar-refractivity contribution is 7.89. The third-order valence-corrected chi connectivity index (χ3v) is 5.19. The van der Waals surface area contributed by atoms with Gasteiger partial charge in [-0.15, -0.1) is 0 Å². The van der Waals surface area contributed by atoms with Crippen LogP contribution in [0.1, 0.15) is 12.0 Å². The van der Waals surface area contributed by atoms with Gasteiger partial charge in [-0.1, -0.05) is 0 Å². The second kappa shape index (κ2) is 5.08. The monoisotopic (exact) mass is 304 g/mol. The van der Waals surface area contributed by atoms with Crippen LogP contribution in [0.4, 0.5) is 10.1 Å². The minimum atomic E-state index is -3.97. The molecular weight excluding hydrogens is 291 g/mol. The number of benzene rings is 1. The van der Waals surface area contributed by atoms with Crippen molar-refractivity contribution >= 4 is 15.7 Å². The zero-order valence-corrected chi connectivity index (χ0v) is 11.4. The Labute approximate surface area is 114 Å². The molecule has 0 saturated carbocycles. The molecule has 20 heavy (non-hydrogen) atoms. The third-order valence-electron chi connectivity index (χ3n) is 3.19. The minimum Gasteiger partial charge on any atom is -0.392 e. The highest BCUT2D eigenvalue weighted by Crippen LogP contribution is 2.29. The van der Waals surface area contributed by atoms with E-state index in [1.54, 1.807) is 0 Å². The lowest BCUT2D eigenvalue weighted by atomic mass is 10.2. The molecule has 110 valence electrons. The van der Waals surface area contributed by atoms with Gasteiger partial charge in [0.1, 0.15) is 0 Å². The summed E-state index contributed by atoms with van der Waals surface area (Å²) in [6.45, 7) is 1.44. The fourth-order valence-electron chi connectivity index (χ4n) is 2.13. The molecule has 1 N–H and O–H groups in total. The lowest BCUT2D eigenvalue weighted by molar-refractivity contribution is -0.387. The number of nitrogens with zero attached hydrogens (tertiary/aromatic N) is 2. The molecule has 0 radical (unpaired) electrons. The summed E-state index contributed by atoms with van der Waals surface area (Å²) in [6.07, 6.45) is -0.442. The quantitative estimate of drug-likeness (QED) is 0.657. The average molecular weight is 304 g/mol. The number of aliphatic hydroxyl groups excluding tert-OH is 1. The molecule has 1 heterocycles. The molecule has 7 nitrogen and oxygen atoms in total. The number of β-amino-alcohol motifs (C(OH)–C–C–N with tert-alkyl or cyclic N) is 1. The Morgan fingerprint density at radius 2 is 2.15 bits per heavy atom. The number of rotatable bonds is 3. The van der Waals surface area contributed by atoms with Crippen molar-refractivity contribution in [1.82, 2.24) is 4.31 Å². The molecule has 2 rings (SSSR count). The van der Waals surface area contributed by atoms with Gasteiger partial charge in [0.2, 0.25) is 15.8 Å². The number of nitro benzene ring substituents is 1. The number of halogens is 1. The summed E-state index contributed by atoms with van der Waals surface area (Å²) in [5.74, 6) is -1.08. The van der Waals surface area contributed by atoms with Gasteiger partial charge in [0, 0.05) is 19.2 Å². The topological polar surface area (TPSA) is 101 Å². The predicted molar refractivity (Wildman–Crippen MR) is 67.2 cm³/mol. The van der Waals surface area contributed by atoms with E-state index in [4.69, 9.17) is 0 Å². The molecule has 9 heteroatoms. The van der Waals surface area contributed by atoms with Gasteiger partial charge < -0.3 is 5.11 Å². The van der Waals surface area contributed by atoms with E-state index in [1.165, 1.54) is 6.92 Å². The summed E-state index contributed by atoms with van der Waals surface area (Å²) in [6, 6.07) is 1.56. The molecule has 0 spiro atoms. The maximum absolute atomic E-state index is 13.4. The van der Waals surface area contributed by atoms with Gasteiger partial charge in [-0.3, -0.25) is 10.1 Å². The van der Waals surface area contributed by atoms with Crippen molar-refractivity contribution in [1.29, 1.82) is 0 Å². The normalized spacial score (nSPS) is 20.2. The summed E-state index contributed by atoms with van der Waals surface area (Å²) in [7, 11) is -3.97. The Kier molecular flexibility index (Phi) is 3.76. The minimum absolute atomic E-state index is 0.0626. The van der Waals surface area contributed by atoms with E-state index in [9.17, 15) is 28.0 Å². The van der Waals surface area contributed by atoms with E-state index in [2.05, 4.69) is 0 Å². The summed E-state index contributed by atoms with van der Waals surface area (Å²) in [5, 5.41) is 20.1. The van der Waals surface area contributed by atoms with Crippen LogP contribution in [0.5, 0.6) is 0 Å². The lowest BCUT2D eigenvalue weighted by Gasteiger charge is -2.17. The molecule has 0 amide bonds. The van der Waals surface area contributed by atoms with Crippen LogP contribution in [0.3, 0.4) is 0 Å². The average Bonchev–Trinajstić information content (AvgIpc) is 2.75. The molecule has 1 saturated heterocycles. The van der Waals surface area contributed by atoms with Gasteiger partial charge in [-0.25, -0.2) is 8.42 Å². The first-order chi connectivity index (χ1) is 9.23. The number of aliphatic hydroxyl groups is 1. The van der Waals surface area contributed by atoms with Crippen LogP contribution < -0.4 is 0 Å². The van der Waals surface area contributed by atoms with Crippen molar-refractivity contribution in [2.24, 2.45) is 0 Å². The van der Waals surface area contributed by atoms with Crippen molar-refractivity contribution in [2.45, 2.75) is 24.3 Å². The van der Waals surface area contributed by atoms with E-state index in [1.807, 2.05) is 0 Å². The zero-order valence-electron chi connectivity index (χ0n) is 10.6. The zero-order chi connectivity index (χ0) is 15.1. The number of sulfonamides is 1. The van der Waals surface area contributed by atoms with Crippen molar-refractivity contribution in [3.05, 3.63) is 33.6 Å². The van der Waals surface area contributed by atoms with Crippen LogP contribution in [-0.4, -0.2) is 41.9 Å². The fourth-order valence-corrected chi connectivity index (χ4v) is 3.85. The highest BCUT2D eigenvalue weighted by atomic mass is 32.2. The highest BCUT2D eigenvalue weighted by Gasteiger charge is 2.34. The molecule has 0 aromatic heterocycles. The molecule has 0 unspecified atom stereocenters. The van der Waals surface area contributed by atoms with Gasteiger partial charge >= 0.3 is 5.69 Å². The summed E-state index contributed by atoms with van der Waals surface area (Å²) in [5.41, 5.74) is -0.789. The number of aryl methyl sites for hydroxylation is 1. The Morgan fingerprint density at radius 1 is 1.50 bits per heavy atom. The van der Waals surface area contributed by atoms with Gasteiger partial charge in [-0.05, 0) is 25.0 Å². The standard InChI is InChI=1S/C11H13FN2O5S/c1-7-4-9(12)10(14(16)17)5-11(7)20(18,19)13-3-2-8(15)6-13/h4-5,8,15H,2-3,6H2,1H3/t8-/m1/s1. The van der Waals surface area contributed by atoms with Crippen LogP contribution in [0, 0.1) is 22.9 Å². The van der Waals surface area contributed by atoms with Crippen LogP contribution in [0.15, 0.2) is 17.0 Å². The molecule has 1 aliphatic rings. The van der Waals surface area contributed by atoms with Crippen molar-refractivity contribution in [2.75, 3.05) is 13.1 Å². The van der Waals surface area contributed by atoms with Crippen LogP contribution in [0.25, 0.3) is 0 Å². The van der Waals surface area contributed by atoms with E-state index >= 15 is 0 Å². The molecule has 1 aromatic carbocycles. The van der Waals surface area contributed by atoms with Crippen molar-refractivity contribution in [3.8, 4) is 0 Å². The van der Waals surface area contributed by atoms with Gasteiger partial charge in [0.25, 0.3) is 0 Å². The predicted octanol–water partition coefficient (Wildman–Crippen LogP) is 0.798. The Hall–Kier alpha value is -1.58. The molecule has 1 aromatic rings. The summed E-state index contributed by atoms with van der Waals surface area (Å²) in [4.78, 5) is 9.43. The molecule has 0 bridgehead atoms. The van der Waals surface area contributed by atoms with E-state index in [-0.39, 0.29) is 23.5 Å². The van der Waals surface area contributed by atoms with Crippen molar-refractivity contribution in [3.63, 3.8) is 0 Å².